The van der Waals surface area contributed by atoms with Gasteiger partial charge >= 0.3 is 0 Å². The molecule has 1 aliphatic carbocycles. The maximum absolute atomic E-state index is 12.0. The summed E-state index contributed by atoms with van der Waals surface area (Å²) in [6.07, 6.45) is 9.21. The van der Waals surface area contributed by atoms with Crippen molar-refractivity contribution in [2.45, 2.75) is 69.2 Å². The number of hydrogen-bond acceptors (Lipinski definition) is 4. The van der Waals surface area contributed by atoms with Crippen molar-refractivity contribution in [2.75, 3.05) is 25.9 Å². The van der Waals surface area contributed by atoms with Gasteiger partial charge in [0.1, 0.15) is 0 Å². The predicted molar refractivity (Wildman–Crippen MR) is 83.8 cm³/mol. The van der Waals surface area contributed by atoms with E-state index in [2.05, 4.69) is 17.1 Å². The van der Waals surface area contributed by atoms with Crippen LogP contribution in [0, 0.1) is 0 Å². The summed E-state index contributed by atoms with van der Waals surface area (Å²) in [6, 6.07) is 0.812. The molecule has 1 aliphatic heterocycles. The molecule has 1 heterocycles. The van der Waals surface area contributed by atoms with Crippen LogP contribution in [0.5, 0.6) is 0 Å². The highest BCUT2D eigenvalue weighted by Crippen LogP contribution is 2.30. The smallest absolute Gasteiger partial charge is 0.151 e. The van der Waals surface area contributed by atoms with E-state index < -0.39 is 9.84 Å². The lowest BCUT2D eigenvalue weighted by atomic mass is 10.1. The van der Waals surface area contributed by atoms with Crippen LogP contribution in [-0.4, -0.2) is 56.5 Å². The van der Waals surface area contributed by atoms with E-state index in [1.165, 1.54) is 31.9 Å². The van der Waals surface area contributed by atoms with Gasteiger partial charge in [0.2, 0.25) is 0 Å². The van der Waals surface area contributed by atoms with E-state index >= 15 is 0 Å². The van der Waals surface area contributed by atoms with Crippen LogP contribution in [0.4, 0.5) is 0 Å². The molecule has 3 unspecified atom stereocenters. The molecule has 2 rings (SSSR count). The highest BCUT2D eigenvalue weighted by molar-refractivity contribution is 7.91. The van der Waals surface area contributed by atoms with Crippen LogP contribution in [0.1, 0.15) is 51.9 Å². The van der Waals surface area contributed by atoms with Crippen LogP contribution >= 0.6 is 0 Å². The lowest BCUT2D eigenvalue weighted by Gasteiger charge is -2.34. The molecule has 3 atom stereocenters. The second-order valence-electron chi connectivity index (χ2n) is 6.51. The maximum atomic E-state index is 12.0. The zero-order valence-corrected chi connectivity index (χ0v) is 13.8. The van der Waals surface area contributed by atoms with E-state index in [9.17, 15) is 8.42 Å². The molecule has 1 saturated carbocycles. The van der Waals surface area contributed by atoms with E-state index in [-0.39, 0.29) is 11.3 Å². The lowest BCUT2D eigenvalue weighted by Crippen LogP contribution is -2.48. The van der Waals surface area contributed by atoms with Crippen molar-refractivity contribution in [3.05, 3.63) is 0 Å². The molecule has 0 aromatic heterocycles. The van der Waals surface area contributed by atoms with Gasteiger partial charge in [-0.1, -0.05) is 19.8 Å². The summed E-state index contributed by atoms with van der Waals surface area (Å²) in [7, 11) is -2.92. The molecule has 1 saturated heterocycles. The summed E-state index contributed by atoms with van der Waals surface area (Å²) in [5.41, 5.74) is 0. The van der Waals surface area contributed by atoms with Crippen molar-refractivity contribution in [1.82, 2.24) is 10.2 Å². The summed E-state index contributed by atoms with van der Waals surface area (Å²) in [5, 5.41) is 3.41. The quantitative estimate of drug-likeness (QED) is 0.779. The van der Waals surface area contributed by atoms with Crippen molar-refractivity contribution < 1.29 is 8.42 Å². The number of nitrogens with zero attached hydrogens (tertiary/aromatic N) is 1. The van der Waals surface area contributed by atoms with Crippen molar-refractivity contribution in [3.63, 3.8) is 0 Å². The Morgan fingerprint density at radius 2 is 2.00 bits per heavy atom. The topological polar surface area (TPSA) is 49.4 Å². The first kappa shape index (κ1) is 16.2. The number of unbranched alkanes of at least 4 members (excludes halogenated alkanes) is 1. The van der Waals surface area contributed by atoms with Crippen molar-refractivity contribution in [3.8, 4) is 0 Å². The Bertz CT molecular complexity index is 391. The Morgan fingerprint density at radius 1 is 1.20 bits per heavy atom. The molecular weight excluding hydrogens is 272 g/mol. The van der Waals surface area contributed by atoms with Crippen LogP contribution in [0.25, 0.3) is 0 Å². The van der Waals surface area contributed by atoms with Gasteiger partial charge in [-0.05, 0) is 45.2 Å². The van der Waals surface area contributed by atoms with Gasteiger partial charge in [-0.2, -0.15) is 0 Å². The Labute approximate surface area is 124 Å². The molecule has 4 nitrogen and oxygen atoms in total. The van der Waals surface area contributed by atoms with Crippen LogP contribution in [0.3, 0.4) is 0 Å². The maximum Gasteiger partial charge on any atom is 0.151 e. The Kier molecular flexibility index (Phi) is 5.87. The fourth-order valence-corrected chi connectivity index (χ4v) is 5.25. The molecule has 0 radical (unpaired) electrons. The summed E-state index contributed by atoms with van der Waals surface area (Å²) >= 11 is 0. The molecule has 0 aromatic carbocycles. The van der Waals surface area contributed by atoms with Crippen molar-refractivity contribution in [1.29, 1.82) is 0 Å². The Hall–Kier alpha value is -0.130. The van der Waals surface area contributed by atoms with Crippen molar-refractivity contribution >= 4 is 9.84 Å². The van der Waals surface area contributed by atoms with E-state index in [1.54, 1.807) is 0 Å². The predicted octanol–water partition coefficient (Wildman–Crippen LogP) is 1.81. The monoisotopic (exact) mass is 302 g/mol. The van der Waals surface area contributed by atoms with Gasteiger partial charge in [-0.3, -0.25) is 4.90 Å². The van der Waals surface area contributed by atoms with Gasteiger partial charge in [0.05, 0.1) is 5.25 Å². The average molecular weight is 302 g/mol. The zero-order chi connectivity index (χ0) is 14.6. The highest BCUT2D eigenvalue weighted by atomic mass is 32.2. The first-order valence-electron chi connectivity index (χ1n) is 8.18. The van der Waals surface area contributed by atoms with E-state index in [4.69, 9.17) is 0 Å². The fraction of sp³-hybridized carbons (Fsp3) is 1.00. The van der Waals surface area contributed by atoms with E-state index in [0.717, 1.165) is 38.9 Å². The minimum Gasteiger partial charge on any atom is -0.313 e. The first-order valence-corrected chi connectivity index (χ1v) is 10.1. The largest absolute Gasteiger partial charge is 0.313 e. The number of sulfone groups is 1. The van der Waals surface area contributed by atoms with Crippen LogP contribution < -0.4 is 5.32 Å². The van der Waals surface area contributed by atoms with E-state index in [0.29, 0.717) is 6.04 Å². The molecule has 5 heteroatoms. The van der Waals surface area contributed by atoms with Crippen LogP contribution in [0.2, 0.25) is 0 Å². The fourth-order valence-electron chi connectivity index (χ4n) is 3.77. The SMILES string of the molecule is CCCCN(CC1CCCN1)C1CCCC1S(C)(=O)=O. The molecular formula is C15H30N2O2S. The third-order valence-corrected chi connectivity index (χ3v) is 6.50. The second-order valence-corrected chi connectivity index (χ2v) is 8.77. The number of nitrogens with one attached hydrogen (secondary N) is 1. The highest BCUT2D eigenvalue weighted by Gasteiger charge is 2.38. The summed E-state index contributed by atoms with van der Waals surface area (Å²) < 4.78 is 24.0. The van der Waals surface area contributed by atoms with Crippen LogP contribution in [0.15, 0.2) is 0 Å². The average Bonchev–Trinajstić information content (AvgIpc) is 3.03. The standard InChI is InChI=1S/C15H30N2O2S/c1-3-4-11-17(12-13-7-6-10-16-13)14-8-5-9-15(14)20(2,18)19/h13-16H,3-12H2,1-2H3. The molecule has 2 aliphatic rings. The lowest BCUT2D eigenvalue weighted by molar-refractivity contribution is 0.180. The number of hydrogen-bond donors (Lipinski definition) is 1. The zero-order valence-electron chi connectivity index (χ0n) is 13.0. The van der Waals surface area contributed by atoms with Crippen LogP contribution in [-0.2, 0) is 9.84 Å². The second kappa shape index (κ2) is 7.23. The normalized spacial score (nSPS) is 31.2. The minimum atomic E-state index is -2.92. The molecule has 20 heavy (non-hydrogen) atoms. The Balaban J connectivity index is 2.03. The van der Waals surface area contributed by atoms with Gasteiger partial charge in [-0.15, -0.1) is 0 Å². The molecule has 0 aromatic rings. The third-order valence-electron chi connectivity index (χ3n) is 4.85. The summed E-state index contributed by atoms with van der Waals surface area (Å²) in [6.45, 7) is 5.39. The van der Waals surface area contributed by atoms with Gasteiger partial charge in [0, 0.05) is 24.9 Å². The summed E-state index contributed by atoms with van der Waals surface area (Å²) in [4.78, 5) is 2.48. The molecule has 0 amide bonds. The molecule has 0 bridgehead atoms. The van der Waals surface area contributed by atoms with E-state index in [1.807, 2.05) is 0 Å². The van der Waals surface area contributed by atoms with Gasteiger partial charge in [0.25, 0.3) is 0 Å². The van der Waals surface area contributed by atoms with Crippen molar-refractivity contribution in [2.24, 2.45) is 0 Å². The van der Waals surface area contributed by atoms with Gasteiger partial charge < -0.3 is 5.32 Å². The molecule has 2 fully saturated rings. The molecule has 118 valence electrons. The Morgan fingerprint density at radius 3 is 2.60 bits per heavy atom. The molecule has 0 spiro atoms. The van der Waals surface area contributed by atoms with Gasteiger partial charge in [-0.25, -0.2) is 8.42 Å². The number of rotatable bonds is 7. The van der Waals surface area contributed by atoms with Gasteiger partial charge in [0.15, 0.2) is 9.84 Å². The minimum absolute atomic E-state index is 0.138. The summed E-state index contributed by atoms with van der Waals surface area (Å²) in [5.74, 6) is 0. The first-order chi connectivity index (χ1) is 9.52. The molecule has 1 N–H and O–H groups in total. The third kappa shape index (κ3) is 4.18.